The van der Waals surface area contributed by atoms with E-state index in [9.17, 15) is 0 Å². The largest absolute Gasteiger partial charge is 0.282 e. The van der Waals surface area contributed by atoms with Gasteiger partial charge in [0, 0.05) is 26.5 Å². The Balaban J connectivity index is 0.000000131. The molecule has 4 nitrogen and oxygen atoms in total. The highest BCUT2D eigenvalue weighted by atomic mass is 127. The first-order valence-electron chi connectivity index (χ1n) is 6.44. The summed E-state index contributed by atoms with van der Waals surface area (Å²) in [6.45, 7) is 1.99. The molecule has 0 aliphatic rings. The lowest BCUT2D eigenvalue weighted by atomic mass is 10.2. The topological polar surface area (TPSA) is 57.4 Å². The maximum absolute atomic E-state index is 5.77. The van der Waals surface area contributed by atoms with Crippen LogP contribution in [0.25, 0.3) is 21.8 Å². The monoisotopic (exact) mass is 444 g/mol. The van der Waals surface area contributed by atoms with Crippen molar-refractivity contribution in [1.82, 2.24) is 20.4 Å². The Bertz CT molecular complexity index is 867. The van der Waals surface area contributed by atoms with Gasteiger partial charge in [-0.2, -0.15) is 10.2 Å². The van der Waals surface area contributed by atoms with E-state index in [-0.39, 0.29) is 0 Å². The van der Waals surface area contributed by atoms with Gasteiger partial charge in [0.05, 0.1) is 11.0 Å². The maximum atomic E-state index is 5.77. The van der Waals surface area contributed by atoms with E-state index < -0.39 is 0 Å². The van der Waals surface area contributed by atoms with Gasteiger partial charge >= 0.3 is 0 Å². The molecule has 0 spiro atoms. The summed E-state index contributed by atoms with van der Waals surface area (Å²) in [6, 6.07) is 11.4. The third-order valence-electron chi connectivity index (χ3n) is 3.18. The molecule has 2 N–H and O–H groups in total. The molecule has 0 saturated heterocycles. The van der Waals surface area contributed by atoms with Crippen LogP contribution in [0.2, 0.25) is 10.0 Å². The Kier molecular flexibility index (Phi) is 4.56. The summed E-state index contributed by atoms with van der Waals surface area (Å²) in [7, 11) is 0. The number of fused-ring (bicyclic) bond motifs is 2. The predicted molar refractivity (Wildman–Crippen MR) is 99.7 cm³/mol. The summed E-state index contributed by atoms with van der Waals surface area (Å²) < 4.78 is 1.05. The number of hydrogen-bond donors (Lipinski definition) is 2. The molecule has 2 aromatic carbocycles. The van der Waals surface area contributed by atoms with Crippen molar-refractivity contribution in [1.29, 1.82) is 0 Å². The van der Waals surface area contributed by atoms with Gasteiger partial charge in [0.2, 0.25) is 0 Å². The fourth-order valence-corrected chi connectivity index (χ4v) is 2.98. The zero-order chi connectivity index (χ0) is 15.7. The number of aromatic nitrogens is 4. The lowest BCUT2D eigenvalue weighted by Gasteiger charge is -1.88. The summed E-state index contributed by atoms with van der Waals surface area (Å²) >= 11 is 13.7. The van der Waals surface area contributed by atoms with Gasteiger partial charge in [-0.25, -0.2) is 0 Å². The van der Waals surface area contributed by atoms with Gasteiger partial charge in [0.1, 0.15) is 3.70 Å². The second-order valence-electron chi connectivity index (χ2n) is 4.71. The fraction of sp³-hybridized carbons (Fsp3) is 0.0667. The first kappa shape index (κ1) is 15.6. The van der Waals surface area contributed by atoms with Crippen molar-refractivity contribution >= 4 is 67.6 Å². The van der Waals surface area contributed by atoms with E-state index >= 15 is 0 Å². The van der Waals surface area contributed by atoms with Crippen LogP contribution in [0.5, 0.6) is 0 Å². The van der Waals surface area contributed by atoms with Gasteiger partial charge in [-0.1, -0.05) is 23.2 Å². The normalized spacial score (nSPS) is 10.7. The van der Waals surface area contributed by atoms with E-state index in [1.807, 2.05) is 43.3 Å². The molecule has 0 amide bonds. The van der Waals surface area contributed by atoms with Crippen molar-refractivity contribution < 1.29 is 0 Å². The number of nitrogens with zero attached hydrogens (tertiary/aromatic N) is 2. The van der Waals surface area contributed by atoms with Gasteiger partial charge in [-0.05, 0) is 65.9 Å². The number of rotatable bonds is 0. The summed E-state index contributed by atoms with van der Waals surface area (Å²) in [5.74, 6) is 0. The molecule has 0 saturated carbocycles. The smallest absolute Gasteiger partial charge is 0.104 e. The first-order chi connectivity index (χ1) is 10.5. The number of nitrogens with one attached hydrogen (secondary N) is 2. The average Bonchev–Trinajstić information content (AvgIpc) is 3.03. The van der Waals surface area contributed by atoms with Crippen molar-refractivity contribution in [3.63, 3.8) is 0 Å². The van der Waals surface area contributed by atoms with E-state index in [1.165, 1.54) is 0 Å². The van der Waals surface area contributed by atoms with Crippen LogP contribution >= 0.6 is 45.8 Å². The van der Waals surface area contributed by atoms with Crippen LogP contribution in [0.4, 0.5) is 0 Å². The highest BCUT2D eigenvalue weighted by Gasteiger charge is 2.01. The Morgan fingerprint density at radius 1 is 0.864 bits per heavy atom. The molecule has 0 fully saturated rings. The van der Waals surface area contributed by atoms with Gasteiger partial charge < -0.3 is 0 Å². The van der Waals surface area contributed by atoms with Gasteiger partial charge in [0.15, 0.2) is 0 Å². The van der Waals surface area contributed by atoms with Crippen LogP contribution in [-0.4, -0.2) is 20.4 Å². The Labute approximate surface area is 150 Å². The summed E-state index contributed by atoms with van der Waals surface area (Å²) in [5.41, 5.74) is 2.92. The van der Waals surface area contributed by atoms with Crippen molar-refractivity contribution in [2.24, 2.45) is 0 Å². The van der Waals surface area contributed by atoms with Crippen LogP contribution in [-0.2, 0) is 0 Å². The molecule has 0 bridgehead atoms. The molecule has 7 heteroatoms. The number of hydrogen-bond acceptors (Lipinski definition) is 2. The zero-order valence-corrected chi connectivity index (χ0v) is 15.2. The minimum absolute atomic E-state index is 0.723. The molecule has 2 aromatic heterocycles. The van der Waals surface area contributed by atoms with Crippen LogP contribution < -0.4 is 0 Å². The minimum Gasteiger partial charge on any atom is -0.282 e. The molecule has 0 aliphatic heterocycles. The molecular weight excluding hydrogens is 434 g/mol. The number of benzene rings is 2. The van der Waals surface area contributed by atoms with Crippen molar-refractivity contribution in [2.75, 3.05) is 0 Å². The second kappa shape index (κ2) is 6.44. The molecule has 112 valence electrons. The van der Waals surface area contributed by atoms with E-state index in [2.05, 4.69) is 43.0 Å². The SMILES string of the molecule is Cc1[nH]nc2cc(Cl)ccc12.Clc1ccc2c(I)[nH]nc2c1. The highest BCUT2D eigenvalue weighted by Crippen LogP contribution is 2.21. The molecule has 0 unspecified atom stereocenters. The molecular formula is C15H11Cl2IN4. The Hall–Kier alpha value is -1.31. The van der Waals surface area contributed by atoms with E-state index in [1.54, 1.807) is 0 Å². The maximum Gasteiger partial charge on any atom is 0.104 e. The van der Waals surface area contributed by atoms with E-state index in [4.69, 9.17) is 23.2 Å². The fourth-order valence-electron chi connectivity index (χ4n) is 2.07. The minimum atomic E-state index is 0.723. The summed E-state index contributed by atoms with van der Waals surface area (Å²) in [5, 5.41) is 17.6. The Morgan fingerprint density at radius 2 is 1.41 bits per heavy atom. The molecule has 0 radical (unpaired) electrons. The number of halogens is 3. The van der Waals surface area contributed by atoms with Crippen LogP contribution in [0.15, 0.2) is 36.4 Å². The highest BCUT2D eigenvalue weighted by molar-refractivity contribution is 14.1. The first-order valence-corrected chi connectivity index (χ1v) is 8.27. The lowest BCUT2D eigenvalue weighted by Crippen LogP contribution is -1.68. The van der Waals surface area contributed by atoms with Crippen LogP contribution in [0.3, 0.4) is 0 Å². The molecule has 0 atom stereocenters. The molecule has 4 rings (SSSR count). The van der Waals surface area contributed by atoms with Crippen LogP contribution in [0.1, 0.15) is 5.69 Å². The zero-order valence-electron chi connectivity index (χ0n) is 11.5. The molecule has 22 heavy (non-hydrogen) atoms. The number of H-pyrrole nitrogens is 2. The van der Waals surface area contributed by atoms with Gasteiger partial charge in [0.25, 0.3) is 0 Å². The van der Waals surface area contributed by atoms with Crippen molar-refractivity contribution in [3.05, 3.63) is 55.8 Å². The third kappa shape index (κ3) is 3.21. The molecule has 0 aliphatic carbocycles. The number of aromatic amines is 2. The van der Waals surface area contributed by atoms with E-state index in [0.717, 1.165) is 41.2 Å². The Morgan fingerprint density at radius 3 is 2.09 bits per heavy atom. The van der Waals surface area contributed by atoms with Gasteiger partial charge in [-0.3, -0.25) is 10.2 Å². The standard InChI is InChI=1S/C8H7ClN2.C7H4ClIN2/c1-5-7-3-2-6(9)4-8(7)11-10-5;8-4-1-2-5-6(3-4)10-11-7(5)9/h2-4H,1H3,(H,10,11);1-3H,(H,10,11). The number of aryl methyl sites for hydroxylation is 1. The average molecular weight is 445 g/mol. The lowest BCUT2D eigenvalue weighted by molar-refractivity contribution is 1.07. The predicted octanol–water partition coefficient (Wildman–Crippen LogP) is 5.35. The van der Waals surface area contributed by atoms with Crippen molar-refractivity contribution in [2.45, 2.75) is 6.92 Å². The van der Waals surface area contributed by atoms with Crippen LogP contribution in [0, 0.1) is 10.6 Å². The third-order valence-corrected chi connectivity index (χ3v) is 4.47. The second-order valence-corrected chi connectivity index (χ2v) is 6.66. The summed E-state index contributed by atoms with van der Waals surface area (Å²) in [6.07, 6.45) is 0. The summed E-state index contributed by atoms with van der Waals surface area (Å²) in [4.78, 5) is 0. The van der Waals surface area contributed by atoms with E-state index in [0.29, 0.717) is 0 Å². The van der Waals surface area contributed by atoms with Gasteiger partial charge in [-0.15, -0.1) is 0 Å². The quantitative estimate of drug-likeness (QED) is 0.359. The molecule has 2 heterocycles. The molecule has 4 aromatic rings. The van der Waals surface area contributed by atoms with Crippen molar-refractivity contribution in [3.8, 4) is 0 Å².